The first kappa shape index (κ1) is 14.6. The summed E-state index contributed by atoms with van der Waals surface area (Å²) >= 11 is 11.9. The van der Waals surface area contributed by atoms with Crippen LogP contribution in [0.1, 0.15) is 24.8 Å². The molecule has 1 aliphatic rings. The lowest BCUT2D eigenvalue weighted by atomic mass is 10.1. The Kier molecular flexibility index (Phi) is 5.08. The van der Waals surface area contributed by atoms with E-state index in [2.05, 4.69) is 10.6 Å². The van der Waals surface area contributed by atoms with Crippen LogP contribution >= 0.6 is 23.2 Å². The van der Waals surface area contributed by atoms with Gasteiger partial charge in [0.15, 0.2) is 0 Å². The number of halogens is 2. The molecule has 19 heavy (non-hydrogen) atoms. The minimum absolute atomic E-state index is 0.0823. The van der Waals surface area contributed by atoms with Crippen molar-refractivity contribution in [3.63, 3.8) is 0 Å². The molecule has 104 valence electrons. The van der Waals surface area contributed by atoms with Crippen molar-refractivity contribution in [1.29, 1.82) is 0 Å². The van der Waals surface area contributed by atoms with E-state index >= 15 is 0 Å². The fourth-order valence-corrected chi connectivity index (χ4v) is 2.48. The zero-order valence-corrected chi connectivity index (χ0v) is 12.4. The van der Waals surface area contributed by atoms with Gasteiger partial charge in [-0.05, 0) is 36.6 Å². The molecule has 0 aromatic heterocycles. The highest BCUT2D eigenvalue weighted by atomic mass is 35.5. The van der Waals surface area contributed by atoms with Crippen LogP contribution in [0.5, 0.6) is 0 Å². The molecule has 2 N–H and O–H groups in total. The maximum atomic E-state index is 11.9. The first-order chi connectivity index (χ1) is 9.13. The fourth-order valence-electron chi connectivity index (χ4n) is 2.18. The van der Waals surface area contributed by atoms with Gasteiger partial charge in [-0.2, -0.15) is 0 Å². The van der Waals surface area contributed by atoms with Crippen LogP contribution in [0.25, 0.3) is 0 Å². The van der Waals surface area contributed by atoms with Crippen molar-refractivity contribution in [2.45, 2.75) is 19.3 Å². The number of likely N-dealkylation sites (N-methyl/N-ethyl adjacent to an activating group) is 1. The molecule has 0 bridgehead atoms. The molecule has 1 amide bonds. The highest BCUT2D eigenvalue weighted by Gasteiger charge is 2.43. The van der Waals surface area contributed by atoms with Crippen molar-refractivity contribution in [3.8, 4) is 0 Å². The van der Waals surface area contributed by atoms with E-state index in [0.29, 0.717) is 16.6 Å². The summed E-state index contributed by atoms with van der Waals surface area (Å²) in [6.07, 6.45) is 0.894. The normalized spacial score (nSPS) is 21.2. The highest BCUT2D eigenvalue weighted by molar-refractivity contribution is 6.42. The Hall–Kier alpha value is -0.770. The molecular weight excluding hydrogens is 283 g/mol. The van der Waals surface area contributed by atoms with Gasteiger partial charge in [0.1, 0.15) is 0 Å². The van der Waals surface area contributed by atoms with Crippen molar-refractivity contribution in [3.05, 3.63) is 33.8 Å². The second-order valence-electron chi connectivity index (χ2n) is 4.77. The molecule has 0 heterocycles. The predicted molar refractivity (Wildman–Crippen MR) is 78.9 cm³/mol. The van der Waals surface area contributed by atoms with Crippen LogP contribution in [0.15, 0.2) is 18.2 Å². The third-order valence-electron chi connectivity index (χ3n) is 3.35. The molecule has 0 saturated heterocycles. The fraction of sp³-hybridized carbons (Fsp3) is 0.500. The Morgan fingerprint density at radius 3 is 2.79 bits per heavy atom. The van der Waals surface area contributed by atoms with E-state index in [1.807, 2.05) is 19.1 Å². The number of benzene rings is 1. The Balaban J connectivity index is 1.83. The zero-order chi connectivity index (χ0) is 13.8. The second-order valence-corrected chi connectivity index (χ2v) is 5.58. The predicted octanol–water partition coefficient (Wildman–Crippen LogP) is 2.82. The van der Waals surface area contributed by atoms with Crippen LogP contribution in [0.4, 0.5) is 0 Å². The van der Waals surface area contributed by atoms with E-state index in [-0.39, 0.29) is 17.7 Å². The summed E-state index contributed by atoms with van der Waals surface area (Å²) in [4.78, 5) is 11.9. The minimum Gasteiger partial charge on any atom is -0.355 e. The molecule has 0 spiro atoms. The van der Waals surface area contributed by atoms with Crippen LogP contribution in [-0.4, -0.2) is 25.5 Å². The largest absolute Gasteiger partial charge is 0.355 e. The van der Waals surface area contributed by atoms with Crippen LogP contribution in [0.2, 0.25) is 10.0 Å². The van der Waals surface area contributed by atoms with Gasteiger partial charge < -0.3 is 10.6 Å². The number of nitrogens with one attached hydrogen (secondary N) is 2. The lowest BCUT2D eigenvalue weighted by Crippen LogP contribution is -2.32. The molecule has 1 aromatic carbocycles. The van der Waals surface area contributed by atoms with Crippen molar-refractivity contribution in [1.82, 2.24) is 10.6 Å². The maximum absolute atomic E-state index is 11.9. The Bertz CT molecular complexity index is 465. The first-order valence-electron chi connectivity index (χ1n) is 6.57. The lowest BCUT2D eigenvalue weighted by Gasteiger charge is -2.06. The van der Waals surface area contributed by atoms with Crippen LogP contribution in [-0.2, 0) is 4.79 Å². The molecule has 2 rings (SSSR count). The van der Waals surface area contributed by atoms with E-state index in [0.717, 1.165) is 25.1 Å². The monoisotopic (exact) mass is 300 g/mol. The number of amides is 1. The summed E-state index contributed by atoms with van der Waals surface area (Å²) in [6.45, 7) is 4.46. The van der Waals surface area contributed by atoms with Gasteiger partial charge in [-0.3, -0.25) is 4.79 Å². The number of carbonyl (C=O) groups excluding carboxylic acids is 1. The van der Waals surface area contributed by atoms with Gasteiger partial charge in [-0.25, -0.2) is 0 Å². The average molecular weight is 301 g/mol. The molecule has 1 aliphatic carbocycles. The van der Waals surface area contributed by atoms with Gasteiger partial charge in [0.25, 0.3) is 0 Å². The average Bonchev–Trinajstić information content (AvgIpc) is 3.18. The third kappa shape index (κ3) is 3.85. The topological polar surface area (TPSA) is 41.1 Å². The smallest absolute Gasteiger partial charge is 0.223 e. The lowest BCUT2D eigenvalue weighted by molar-refractivity contribution is -0.122. The van der Waals surface area contributed by atoms with Crippen LogP contribution in [0, 0.1) is 5.92 Å². The molecule has 3 nitrogen and oxygen atoms in total. The van der Waals surface area contributed by atoms with Crippen molar-refractivity contribution in [2.24, 2.45) is 5.92 Å². The van der Waals surface area contributed by atoms with Gasteiger partial charge in [-0.15, -0.1) is 0 Å². The standard InChI is InChI=1S/C14H18Cl2N2O/c1-2-17-5-6-18-14(19)11-8-10(11)9-3-4-12(15)13(16)7-9/h3-4,7,10-11,17H,2,5-6,8H2,1H3,(H,18,19). The van der Waals surface area contributed by atoms with E-state index in [1.165, 1.54) is 0 Å². The highest BCUT2D eigenvalue weighted by Crippen LogP contribution is 2.48. The molecule has 2 atom stereocenters. The van der Waals surface area contributed by atoms with Crippen molar-refractivity contribution < 1.29 is 4.79 Å². The molecule has 0 aliphatic heterocycles. The number of hydrogen-bond donors (Lipinski definition) is 2. The third-order valence-corrected chi connectivity index (χ3v) is 4.09. The van der Waals surface area contributed by atoms with Crippen molar-refractivity contribution in [2.75, 3.05) is 19.6 Å². The summed E-state index contributed by atoms with van der Waals surface area (Å²) in [5.74, 6) is 0.502. The van der Waals surface area contributed by atoms with Gasteiger partial charge >= 0.3 is 0 Å². The van der Waals surface area contributed by atoms with E-state index in [9.17, 15) is 4.79 Å². The summed E-state index contributed by atoms with van der Waals surface area (Å²) in [6, 6.07) is 5.60. The molecule has 5 heteroatoms. The second kappa shape index (κ2) is 6.60. The number of carbonyl (C=O) groups is 1. The molecule has 1 aromatic rings. The van der Waals surface area contributed by atoms with E-state index < -0.39 is 0 Å². The van der Waals surface area contributed by atoms with Crippen LogP contribution < -0.4 is 10.6 Å². The molecule has 0 radical (unpaired) electrons. The van der Waals surface area contributed by atoms with E-state index in [1.54, 1.807) is 6.07 Å². The summed E-state index contributed by atoms with van der Waals surface area (Å²) in [5.41, 5.74) is 1.10. The maximum Gasteiger partial charge on any atom is 0.223 e. The molecule has 1 saturated carbocycles. The summed E-state index contributed by atoms with van der Waals surface area (Å²) in [7, 11) is 0. The Morgan fingerprint density at radius 2 is 2.11 bits per heavy atom. The quantitative estimate of drug-likeness (QED) is 0.793. The Morgan fingerprint density at radius 1 is 1.32 bits per heavy atom. The molecule has 1 fully saturated rings. The van der Waals surface area contributed by atoms with Gasteiger partial charge in [0, 0.05) is 19.0 Å². The van der Waals surface area contributed by atoms with E-state index in [4.69, 9.17) is 23.2 Å². The molecule has 2 unspecified atom stereocenters. The van der Waals surface area contributed by atoms with Gasteiger partial charge in [0.2, 0.25) is 5.91 Å². The van der Waals surface area contributed by atoms with Gasteiger partial charge in [0.05, 0.1) is 10.0 Å². The van der Waals surface area contributed by atoms with Gasteiger partial charge in [-0.1, -0.05) is 36.2 Å². The van der Waals surface area contributed by atoms with Crippen molar-refractivity contribution >= 4 is 29.1 Å². The van der Waals surface area contributed by atoms with Crippen LogP contribution in [0.3, 0.4) is 0 Å². The first-order valence-corrected chi connectivity index (χ1v) is 7.32. The molecular formula is C14H18Cl2N2O. The minimum atomic E-state index is 0.0823. The Labute approximate surface area is 123 Å². The number of hydrogen-bond acceptors (Lipinski definition) is 2. The summed E-state index contributed by atoms with van der Waals surface area (Å²) in [5, 5.41) is 7.22. The zero-order valence-electron chi connectivity index (χ0n) is 10.9. The summed E-state index contributed by atoms with van der Waals surface area (Å²) < 4.78 is 0. The SMILES string of the molecule is CCNCCNC(=O)C1CC1c1ccc(Cl)c(Cl)c1. The number of rotatable bonds is 6.